The van der Waals surface area contributed by atoms with Gasteiger partial charge < -0.3 is 14.6 Å². The summed E-state index contributed by atoms with van der Waals surface area (Å²) in [5, 5.41) is 10.1. The molecule has 1 rings (SSSR count). The van der Waals surface area contributed by atoms with Gasteiger partial charge in [-0.3, -0.25) is 4.79 Å². The van der Waals surface area contributed by atoms with E-state index in [1.54, 1.807) is 37.5 Å². The summed E-state index contributed by atoms with van der Waals surface area (Å²) in [6.07, 6.45) is 10.9. The molecule has 1 aromatic carbocycles. The molecule has 0 fully saturated rings. The van der Waals surface area contributed by atoms with Gasteiger partial charge in [-0.1, -0.05) is 42.9 Å². The summed E-state index contributed by atoms with van der Waals surface area (Å²) >= 11 is 0. The smallest absolute Gasteiger partial charge is 0.170 e. The molecule has 0 aliphatic carbocycles. The van der Waals surface area contributed by atoms with Crippen molar-refractivity contribution in [2.45, 2.75) is 12.5 Å². The number of carbonyl (C=O) groups excluding carboxylic acids is 1. The largest absolute Gasteiger partial charge is 0.489 e. The molecule has 126 valence electrons. The predicted octanol–water partition coefficient (Wildman–Crippen LogP) is 3.34. The van der Waals surface area contributed by atoms with Crippen LogP contribution >= 0.6 is 0 Å². The highest BCUT2D eigenvalue weighted by atomic mass is 16.5. The monoisotopic (exact) mass is 326 g/mol. The Balaban J connectivity index is 3.57. The molecule has 4 heteroatoms. The van der Waals surface area contributed by atoms with Crippen LogP contribution in [-0.4, -0.2) is 31.2 Å². The third kappa shape index (κ3) is 4.95. The molecule has 1 aromatic rings. The number of hydrogen-bond donors (Lipinski definition) is 1. The van der Waals surface area contributed by atoms with Crippen LogP contribution in [0.2, 0.25) is 0 Å². The number of methoxy groups -OCH3 is 1. The third-order valence-corrected chi connectivity index (χ3v) is 3.21. The molecular formula is C20H22O4. The van der Waals surface area contributed by atoms with E-state index >= 15 is 0 Å². The number of benzene rings is 1. The van der Waals surface area contributed by atoms with Crippen molar-refractivity contribution in [1.29, 1.82) is 0 Å². The molecule has 0 spiro atoms. The summed E-state index contributed by atoms with van der Waals surface area (Å²) < 4.78 is 10.6. The van der Waals surface area contributed by atoms with Crippen LogP contribution in [0.3, 0.4) is 0 Å². The second kappa shape index (κ2) is 10.2. The Kier molecular flexibility index (Phi) is 8.28. The van der Waals surface area contributed by atoms with Crippen molar-refractivity contribution < 1.29 is 19.4 Å². The minimum absolute atomic E-state index is 0.144. The molecule has 0 saturated carbocycles. The first-order chi connectivity index (χ1) is 11.6. The minimum atomic E-state index is -1.13. The Morgan fingerprint density at radius 1 is 1.38 bits per heavy atom. The van der Waals surface area contributed by atoms with E-state index in [0.29, 0.717) is 29.0 Å². The van der Waals surface area contributed by atoms with E-state index in [1.807, 2.05) is 0 Å². The number of terminal acetylenes is 1. The van der Waals surface area contributed by atoms with E-state index in [2.05, 4.69) is 19.1 Å². The van der Waals surface area contributed by atoms with Crippen molar-refractivity contribution in [3.05, 3.63) is 60.2 Å². The van der Waals surface area contributed by atoms with Gasteiger partial charge in [-0.05, 0) is 11.6 Å². The lowest BCUT2D eigenvalue weighted by molar-refractivity contribution is 0.0992. The first-order valence-corrected chi connectivity index (χ1v) is 7.45. The van der Waals surface area contributed by atoms with Crippen LogP contribution in [0.4, 0.5) is 0 Å². The molecule has 0 aliphatic heterocycles. The molecule has 4 nitrogen and oxygen atoms in total. The number of ether oxygens (including phenoxy) is 2. The van der Waals surface area contributed by atoms with Crippen molar-refractivity contribution in [2.24, 2.45) is 0 Å². The molecule has 24 heavy (non-hydrogen) atoms. The third-order valence-electron chi connectivity index (χ3n) is 3.21. The van der Waals surface area contributed by atoms with Gasteiger partial charge in [-0.25, -0.2) is 0 Å². The van der Waals surface area contributed by atoms with Crippen LogP contribution in [0.25, 0.3) is 6.08 Å². The fourth-order valence-electron chi connectivity index (χ4n) is 2.18. The van der Waals surface area contributed by atoms with Gasteiger partial charge in [0.15, 0.2) is 5.78 Å². The molecule has 0 bridgehead atoms. The van der Waals surface area contributed by atoms with E-state index in [1.165, 1.54) is 6.08 Å². The number of hydrogen-bond acceptors (Lipinski definition) is 4. The summed E-state index contributed by atoms with van der Waals surface area (Å²) in [6, 6.07) is 3.28. The lowest BCUT2D eigenvalue weighted by atomic mass is 9.92. The lowest BCUT2D eigenvalue weighted by Crippen LogP contribution is -2.10. The quantitative estimate of drug-likeness (QED) is 0.407. The van der Waals surface area contributed by atoms with Gasteiger partial charge >= 0.3 is 0 Å². The molecule has 1 unspecified atom stereocenters. The van der Waals surface area contributed by atoms with E-state index in [9.17, 15) is 9.90 Å². The Morgan fingerprint density at radius 3 is 2.71 bits per heavy atom. The summed E-state index contributed by atoms with van der Waals surface area (Å²) in [7, 11) is 1.56. The van der Waals surface area contributed by atoms with Crippen LogP contribution in [0.1, 0.15) is 34.0 Å². The number of Topliss-reactive ketones (excluding diaryl/α,β-unsaturated/α-hetero) is 1. The first kappa shape index (κ1) is 19.4. The normalized spacial score (nSPS) is 11.7. The number of rotatable bonds is 10. The van der Waals surface area contributed by atoms with Gasteiger partial charge in [0.1, 0.15) is 18.5 Å². The molecule has 0 radical (unpaired) electrons. The Morgan fingerprint density at radius 2 is 2.12 bits per heavy atom. The van der Waals surface area contributed by atoms with Gasteiger partial charge in [0, 0.05) is 19.1 Å². The Hall–Kier alpha value is -2.61. The molecule has 0 saturated heterocycles. The zero-order valence-corrected chi connectivity index (χ0v) is 13.8. The maximum atomic E-state index is 12.6. The highest BCUT2D eigenvalue weighted by Crippen LogP contribution is 2.31. The van der Waals surface area contributed by atoms with Crippen LogP contribution in [0, 0.1) is 12.3 Å². The SMILES string of the molecule is C#CC(O)c1ccc(OCC=C)c(C(=O)CC=C)c1/C=C\COC. The maximum absolute atomic E-state index is 12.6. The van der Waals surface area contributed by atoms with E-state index in [0.717, 1.165) is 0 Å². The zero-order chi connectivity index (χ0) is 17.9. The van der Waals surface area contributed by atoms with Crippen LogP contribution < -0.4 is 4.74 Å². The summed E-state index contributed by atoms with van der Waals surface area (Å²) in [5.41, 5.74) is 1.34. The molecule has 0 amide bonds. The average molecular weight is 326 g/mol. The van der Waals surface area contributed by atoms with Gasteiger partial charge in [0.2, 0.25) is 0 Å². The molecule has 0 aliphatic rings. The van der Waals surface area contributed by atoms with Crippen molar-refractivity contribution >= 4 is 11.9 Å². The number of aliphatic hydroxyl groups excluding tert-OH is 1. The van der Waals surface area contributed by atoms with E-state index in [-0.39, 0.29) is 18.8 Å². The summed E-state index contributed by atoms with van der Waals surface area (Å²) in [6.45, 7) is 7.82. The van der Waals surface area contributed by atoms with Crippen molar-refractivity contribution in [3.63, 3.8) is 0 Å². The molecular weight excluding hydrogens is 304 g/mol. The first-order valence-electron chi connectivity index (χ1n) is 7.45. The van der Waals surface area contributed by atoms with Crippen molar-refractivity contribution in [1.82, 2.24) is 0 Å². The topological polar surface area (TPSA) is 55.8 Å². The van der Waals surface area contributed by atoms with Gasteiger partial charge in [0.05, 0.1) is 12.2 Å². The number of allylic oxidation sites excluding steroid dienone is 1. The fraction of sp³-hybridized carbons (Fsp3) is 0.250. The maximum Gasteiger partial charge on any atom is 0.170 e. The predicted molar refractivity (Wildman–Crippen MR) is 96.0 cm³/mol. The van der Waals surface area contributed by atoms with Crippen molar-refractivity contribution in [3.8, 4) is 18.1 Å². The molecule has 1 atom stereocenters. The number of aliphatic hydroxyl groups is 1. The highest BCUT2D eigenvalue weighted by Gasteiger charge is 2.21. The lowest BCUT2D eigenvalue weighted by Gasteiger charge is -2.17. The Bertz CT molecular complexity index is 665. The standard InChI is InChI=1S/C20H22O4/c1-5-9-18(22)20-16(10-8-14-23-4)15(17(21)7-3)11-12-19(20)24-13-6-2/h3,5-6,8,10-12,17,21H,1-2,9,13-14H2,4H3/b10-8-. The molecule has 0 heterocycles. The molecule has 0 aromatic heterocycles. The second-order valence-corrected chi connectivity index (χ2v) is 4.88. The van der Waals surface area contributed by atoms with Crippen molar-refractivity contribution in [2.75, 3.05) is 20.3 Å². The molecule has 1 N–H and O–H groups in total. The van der Waals surface area contributed by atoms with E-state index < -0.39 is 6.10 Å². The highest BCUT2D eigenvalue weighted by molar-refractivity contribution is 6.03. The Labute approximate surface area is 143 Å². The van der Waals surface area contributed by atoms with E-state index in [4.69, 9.17) is 15.9 Å². The van der Waals surface area contributed by atoms with Gasteiger partial charge in [0.25, 0.3) is 0 Å². The number of carbonyl (C=O) groups is 1. The summed E-state index contributed by atoms with van der Waals surface area (Å²) in [4.78, 5) is 12.6. The van der Waals surface area contributed by atoms with Gasteiger partial charge in [-0.2, -0.15) is 0 Å². The van der Waals surface area contributed by atoms with Crippen LogP contribution in [0.15, 0.2) is 43.5 Å². The fourth-order valence-corrected chi connectivity index (χ4v) is 2.18. The second-order valence-electron chi connectivity index (χ2n) is 4.88. The van der Waals surface area contributed by atoms with Crippen LogP contribution in [-0.2, 0) is 4.74 Å². The van der Waals surface area contributed by atoms with Crippen LogP contribution in [0.5, 0.6) is 5.75 Å². The summed E-state index contributed by atoms with van der Waals surface area (Å²) in [5.74, 6) is 2.51. The minimum Gasteiger partial charge on any atom is -0.489 e. The van der Waals surface area contributed by atoms with Gasteiger partial charge in [-0.15, -0.1) is 13.0 Å². The number of ketones is 1. The zero-order valence-electron chi connectivity index (χ0n) is 13.8. The average Bonchev–Trinajstić information content (AvgIpc) is 2.59.